The Balaban J connectivity index is 0.00000320. The first-order valence-corrected chi connectivity index (χ1v) is 10.4. The maximum atomic E-state index is 5.92. The van der Waals surface area contributed by atoms with E-state index in [1.54, 1.807) is 13.2 Å². The summed E-state index contributed by atoms with van der Waals surface area (Å²) in [6, 6.07) is 8.58. The summed E-state index contributed by atoms with van der Waals surface area (Å²) in [6.45, 7) is 10.8. The minimum atomic E-state index is 0. The van der Waals surface area contributed by atoms with Crippen LogP contribution >= 0.6 is 24.0 Å². The highest BCUT2D eigenvalue weighted by atomic mass is 127. The molecular formula is C22H35IN6O. The van der Waals surface area contributed by atoms with Gasteiger partial charge in [-0.1, -0.05) is 38.1 Å². The lowest BCUT2D eigenvalue weighted by Crippen LogP contribution is -2.50. The van der Waals surface area contributed by atoms with E-state index in [4.69, 9.17) is 4.74 Å². The lowest BCUT2D eigenvalue weighted by molar-refractivity contribution is -0.0284. The zero-order valence-electron chi connectivity index (χ0n) is 18.3. The van der Waals surface area contributed by atoms with Crippen molar-refractivity contribution in [3.05, 3.63) is 54.1 Å². The number of hydrogen-bond donors (Lipinski definition) is 2. The molecule has 1 atom stereocenters. The molecule has 1 aromatic heterocycles. The van der Waals surface area contributed by atoms with Crippen LogP contribution in [0.1, 0.15) is 25.0 Å². The second kappa shape index (κ2) is 12.9. The Bertz CT molecular complexity index is 765. The van der Waals surface area contributed by atoms with Gasteiger partial charge in [-0.05, 0) is 17.0 Å². The van der Waals surface area contributed by atoms with Crippen molar-refractivity contribution in [1.82, 2.24) is 25.1 Å². The molecule has 1 aromatic carbocycles. The molecule has 2 heterocycles. The van der Waals surface area contributed by atoms with Gasteiger partial charge in [-0.25, -0.2) is 4.98 Å². The minimum Gasteiger partial charge on any atom is -0.374 e. The van der Waals surface area contributed by atoms with E-state index < -0.39 is 0 Å². The molecular weight excluding hydrogens is 491 g/mol. The number of nitrogens with one attached hydrogen (secondary N) is 2. The summed E-state index contributed by atoms with van der Waals surface area (Å²) in [6.07, 6.45) is 5.82. The molecule has 0 bridgehead atoms. The van der Waals surface area contributed by atoms with Crippen molar-refractivity contribution >= 4 is 29.9 Å². The Hall–Kier alpha value is -1.65. The van der Waals surface area contributed by atoms with Crippen LogP contribution in [0.3, 0.4) is 0 Å². The van der Waals surface area contributed by atoms with Gasteiger partial charge in [0.15, 0.2) is 5.96 Å². The quantitative estimate of drug-likeness (QED) is 0.315. The average molecular weight is 526 g/mol. The summed E-state index contributed by atoms with van der Waals surface area (Å²) < 4.78 is 7.99. The van der Waals surface area contributed by atoms with Gasteiger partial charge >= 0.3 is 0 Å². The van der Waals surface area contributed by atoms with Crippen LogP contribution in [0.2, 0.25) is 0 Å². The van der Waals surface area contributed by atoms with Gasteiger partial charge < -0.3 is 19.9 Å². The Labute approximate surface area is 197 Å². The lowest BCUT2D eigenvalue weighted by atomic mass is 10.1. The highest BCUT2D eigenvalue weighted by Crippen LogP contribution is 2.08. The first kappa shape index (κ1) is 24.6. The molecule has 0 aliphatic carbocycles. The van der Waals surface area contributed by atoms with Crippen LogP contribution in [0.25, 0.3) is 0 Å². The smallest absolute Gasteiger partial charge is 0.191 e. The maximum Gasteiger partial charge on any atom is 0.191 e. The van der Waals surface area contributed by atoms with Crippen LogP contribution in [0, 0.1) is 5.92 Å². The Morgan fingerprint density at radius 1 is 1.30 bits per heavy atom. The number of rotatable bonds is 8. The van der Waals surface area contributed by atoms with Gasteiger partial charge in [0, 0.05) is 58.7 Å². The van der Waals surface area contributed by atoms with E-state index in [0.717, 1.165) is 51.8 Å². The van der Waals surface area contributed by atoms with Crippen molar-refractivity contribution in [2.45, 2.75) is 33.0 Å². The van der Waals surface area contributed by atoms with Gasteiger partial charge in [-0.2, -0.15) is 0 Å². The molecule has 30 heavy (non-hydrogen) atoms. The average Bonchev–Trinajstić information content (AvgIpc) is 3.21. The summed E-state index contributed by atoms with van der Waals surface area (Å²) in [5.41, 5.74) is 2.48. The van der Waals surface area contributed by atoms with Gasteiger partial charge in [0.05, 0.1) is 19.0 Å². The van der Waals surface area contributed by atoms with Gasteiger partial charge in [0.2, 0.25) is 0 Å². The number of benzene rings is 1. The van der Waals surface area contributed by atoms with E-state index in [-0.39, 0.29) is 30.1 Å². The van der Waals surface area contributed by atoms with Crippen molar-refractivity contribution in [1.29, 1.82) is 0 Å². The van der Waals surface area contributed by atoms with Crippen LogP contribution in [-0.4, -0.2) is 66.3 Å². The third-order valence-electron chi connectivity index (χ3n) is 4.94. The minimum absolute atomic E-state index is 0. The fraction of sp³-hybridized carbons (Fsp3) is 0.545. The second-order valence-corrected chi connectivity index (χ2v) is 8.01. The molecule has 1 aliphatic rings. The molecule has 1 fully saturated rings. The van der Waals surface area contributed by atoms with Gasteiger partial charge in [0.25, 0.3) is 0 Å². The van der Waals surface area contributed by atoms with Crippen LogP contribution in [0.4, 0.5) is 0 Å². The summed E-state index contributed by atoms with van der Waals surface area (Å²) in [7, 11) is 1.80. The predicted molar refractivity (Wildman–Crippen MR) is 132 cm³/mol. The Kier molecular flexibility index (Phi) is 10.6. The number of hydrogen-bond acceptors (Lipinski definition) is 4. The predicted octanol–water partition coefficient (Wildman–Crippen LogP) is 2.57. The fourth-order valence-electron chi connectivity index (χ4n) is 3.63. The summed E-state index contributed by atoms with van der Waals surface area (Å²) >= 11 is 0. The zero-order chi connectivity index (χ0) is 20.5. The first-order chi connectivity index (χ1) is 14.1. The number of imidazole rings is 1. The number of nitrogens with zero attached hydrogens (tertiary/aromatic N) is 4. The number of aliphatic imine (C=N–C) groups is 1. The molecule has 2 N–H and O–H groups in total. The lowest BCUT2D eigenvalue weighted by Gasteiger charge is -2.34. The normalized spacial score (nSPS) is 17.6. The van der Waals surface area contributed by atoms with Gasteiger partial charge in [-0.3, -0.25) is 9.89 Å². The van der Waals surface area contributed by atoms with Crippen LogP contribution in [0.15, 0.2) is 48.0 Å². The molecule has 166 valence electrons. The molecule has 0 spiro atoms. The third kappa shape index (κ3) is 8.23. The number of morpholine rings is 1. The van der Waals surface area contributed by atoms with Crippen LogP contribution in [-0.2, 0) is 17.8 Å². The maximum absolute atomic E-state index is 5.92. The van der Waals surface area contributed by atoms with E-state index in [1.165, 1.54) is 11.1 Å². The standard InChI is InChI=1S/C22H34N6O.HI/c1-18(2)14-27-9-10-29-21(16-27)13-26-22(23-3)25-12-19-5-4-6-20(11-19)15-28-8-7-24-17-28;/h4-8,11,17-18,21H,9-10,12-16H2,1-3H3,(H2,23,25,26);1H. The molecule has 1 aliphatic heterocycles. The largest absolute Gasteiger partial charge is 0.374 e. The van der Waals surface area contributed by atoms with Crippen molar-refractivity contribution in [2.24, 2.45) is 10.9 Å². The summed E-state index contributed by atoms with van der Waals surface area (Å²) in [4.78, 5) is 10.9. The van der Waals surface area contributed by atoms with Crippen molar-refractivity contribution in [2.75, 3.05) is 39.8 Å². The van der Waals surface area contributed by atoms with E-state index in [1.807, 2.05) is 12.5 Å². The molecule has 8 heteroatoms. The molecule has 0 radical (unpaired) electrons. The molecule has 0 saturated carbocycles. The van der Waals surface area contributed by atoms with Crippen molar-refractivity contribution in [3.63, 3.8) is 0 Å². The number of aromatic nitrogens is 2. The topological polar surface area (TPSA) is 66.7 Å². The SMILES string of the molecule is CN=C(NCc1cccc(Cn2ccnc2)c1)NCC1CN(CC(C)C)CCO1.I. The fourth-order valence-corrected chi connectivity index (χ4v) is 3.63. The zero-order valence-corrected chi connectivity index (χ0v) is 20.6. The summed E-state index contributed by atoms with van der Waals surface area (Å²) in [5.74, 6) is 1.48. The molecule has 0 amide bonds. The van der Waals surface area contributed by atoms with Crippen molar-refractivity contribution in [3.8, 4) is 0 Å². The van der Waals surface area contributed by atoms with Crippen LogP contribution < -0.4 is 10.6 Å². The second-order valence-electron chi connectivity index (χ2n) is 8.01. The summed E-state index contributed by atoms with van der Waals surface area (Å²) in [5, 5.41) is 6.81. The number of halogens is 1. The Morgan fingerprint density at radius 3 is 2.87 bits per heavy atom. The van der Waals surface area contributed by atoms with E-state index >= 15 is 0 Å². The number of guanidine groups is 1. The molecule has 3 rings (SSSR count). The molecule has 2 aromatic rings. The molecule has 7 nitrogen and oxygen atoms in total. The van der Waals surface area contributed by atoms with E-state index in [2.05, 4.69) is 68.2 Å². The van der Waals surface area contributed by atoms with Gasteiger partial charge in [0.1, 0.15) is 0 Å². The molecule has 1 saturated heterocycles. The van der Waals surface area contributed by atoms with E-state index in [0.29, 0.717) is 5.92 Å². The highest BCUT2D eigenvalue weighted by Gasteiger charge is 2.21. The van der Waals surface area contributed by atoms with Gasteiger partial charge in [-0.15, -0.1) is 24.0 Å². The van der Waals surface area contributed by atoms with E-state index in [9.17, 15) is 0 Å². The Morgan fingerprint density at radius 2 is 2.13 bits per heavy atom. The molecule has 1 unspecified atom stereocenters. The highest BCUT2D eigenvalue weighted by molar-refractivity contribution is 14.0. The van der Waals surface area contributed by atoms with Crippen LogP contribution in [0.5, 0.6) is 0 Å². The monoisotopic (exact) mass is 526 g/mol. The number of ether oxygens (including phenoxy) is 1. The first-order valence-electron chi connectivity index (χ1n) is 10.4. The van der Waals surface area contributed by atoms with Crippen molar-refractivity contribution < 1.29 is 4.74 Å². The third-order valence-corrected chi connectivity index (χ3v) is 4.94.